The molecule has 0 aromatic rings. The molecule has 1 aliphatic rings. The number of aliphatic imine (C=N–C) groups is 2. The van der Waals surface area contributed by atoms with E-state index in [1.54, 1.807) is 32.8 Å². The first-order chi connectivity index (χ1) is 6.70. The smallest absolute Gasteiger partial charge is 0.364 e. The molecule has 0 bridgehead atoms. The summed E-state index contributed by atoms with van der Waals surface area (Å²) in [6.45, 7) is 3.45. The lowest BCUT2D eigenvalue weighted by Gasteiger charge is -2.26. The van der Waals surface area contributed by atoms with Crippen molar-refractivity contribution >= 4 is 11.7 Å². The van der Waals surface area contributed by atoms with E-state index < -0.39 is 17.6 Å². The summed E-state index contributed by atoms with van der Waals surface area (Å²) in [5.41, 5.74) is -0.853. The lowest BCUT2D eigenvalue weighted by molar-refractivity contribution is -0.0598. The van der Waals surface area contributed by atoms with Crippen LogP contribution < -0.4 is 0 Å². The molecule has 1 aliphatic heterocycles. The molecule has 86 valence electrons. The molecule has 15 heavy (non-hydrogen) atoms. The van der Waals surface area contributed by atoms with Gasteiger partial charge in [-0.1, -0.05) is 6.92 Å². The van der Waals surface area contributed by atoms with Gasteiger partial charge in [0.25, 0.3) is 0 Å². The van der Waals surface area contributed by atoms with Crippen LogP contribution in [0, 0.1) is 0 Å². The van der Waals surface area contributed by atoms with Crippen LogP contribution in [0.15, 0.2) is 9.98 Å². The van der Waals surface area contributed by atoms with Crippen molar-refractivity contribution in [1.82, 2.24) is 4.90 Å². The molecule has 6 heteroatoms. The molecule has 1 unspecified atom stereocenters. The number of nitrogens with zero attached hydrogens (tertiary/aromatic N) is 3. The largest absolute Gasteiger partial charge is 0.451 e. The Morgan fingerprint density at radius 1 is 1.33 bits per heavy atom. The SMILES string of the molecule is CCC1(C)N=C(C(F)(F)F)N=C1N(C)C. The second-order valence-electron chi connectivity index (χ2n) is 3.89. The van der Waals surface area contributed by atoms with Crippen molar-refractivity contribution in [2.45, 2.75) is 32.0 Å². The van der Waals surface area contributed by atoms with Gasteiger partial charge in [0, 0.05) is 14.1 Å². The van der Waals surface area contributed by atoms with E-state index in [2.05, 4.69) is 9.98 Å². The molecule has 0 fully saturated rings. The average molecular weight is 221 g/mol. The van der Waals surface area contributed by atoms with E-state index in [1.165, 1.54) is 0 Å². The zero-order valence-electron chi connectivity index (χ0n) is 9.18. The molecule has 0 aliphatic carbocycles. The molecule has 0 N–H and O–H groups in total. The van der Waals surface area contributed by atoms with Gasteiger partial charge in [-0.05, 0) is 13.3 Å². The second-order valence-corrected chi connectivity index (χ2v) is 3.89. The fourth-order valence-electron chi connectivity index (χ4n) is 1.48. The van der Waals surface area contributed by atoms with Gasteiger partial charge in [0.05, 0.1) is 0 Å². The fourth-order valence-corrected chi connectivity index (χ4v) is 1.48. The Balaban J connectivity index is 3.13. The second kappa shape index (κ2) is 3.50. The molecule has 0 aromatic heterocycles. The van der Waals surface area contributed by atoms with E-state index in [1.807, 2.05) is 0 Å². The number of hydrogen-bond donors (Lipinski definition) is 0. The van der Waals surface area contributed by atoms with Gasteiger partial charge in [-0.15, -0.1) is 0 Å². The van der Waals surface area contributed by atoms with Crippen molar-refractivity contribution in [2.24, 2.45) is 9.98 Å². The molecular formula is C9H14F3N3. The third-order valence-electron chi connectivity index (χ3n) is 2.41. The Morgan fingerprint density at radius 2 is 1.87 bits per heavy atom. The summed E-state index contributed by atoms with van der Waals surface area (Å²) in [5, 5.41) is 0. The van der Waals surface area contributed by atoms with Gasteiger partial charge >= 0.3 is 6.18 Å². The molecule has 0 aromatic carbocycles. The van der Waals surface area contributed by atoms with Crippen LogP contribution in [0.4, 0.5) is 13.2 Å². The topological polar surface area (TPSA) is 28.0 Å². The summed E-state index contributed by atoms with van der Waals surface area (Å²) in [6.07, 6.45) is -3.97. The molecule has 1 heterocycles. The van der Waals surface area contributed by atoms with E-state index in [0.717, 1.165) is 0 Å². The van der Waals surface area contributed by atoms with E-state index >= 15 is 0 Å². The van der Waals surface area contributed by atoms with Crippen molar-refractivity contribution in [3.63, 3.8) is 0 Å². The number of alkyl halides is 3. The first kappa shape index (κ1) is 12.0. The van der Waals surface area contributed by atoms with Gasteiger partial charge in [0.1, 0.15) is 11.4 Å². The van der Waals surface area contributed by atoms with Crippen LogP contribution in [-0.4, -0.2) is 42.4 Å². The minimum atomic E-state index is -4.46. The summed E-state index contributed by atoms with van der Waals surface area (Å²) < 4.78 is 37.3. The predicted octanol–water partition coefficient (Wildman–Crippen LogP) is 2.09. The maximum Gasteiger partial charge on any atom is 0.451 e. The zero-order chi connectivity index (χ0) is 11.9. The van der Waals surface area contributed by atoms with Crippen molar-refractivity contribution in [1.29, 1.82) is 0 Å². The number of likely N-dealkylation sites (N-methyl/N-ethyl adjacent to an activating group) is 1. The van der Waals surface area contributed by atoms with Crippen molar-refractivity contribution in [3.8, 4) is 0 Å². The predicted molar refractivity (Wildman–Crippen MR) is 53.3 cm³/mol. The van der Waals surface area contributed by atoms with Gasteiger partial charge in [-0.3, -0.25) is 0 Å². The van der Waals surface area contributed by atoms with E-state index in [-0.39, 0.29) is 0 Å². The number of amidine groups is 2. The molecule has 0 radical (unpaired) electrons. The third-order valence-corrected chi connectivity index (χ3v) is 2.41. The lowest BCUT2D eigenvalue weighted by Crippen LogP contribution is -2.39. The molecule has 0 saturated heterocycles. The standard InChI is InChI=1S/C9H14F3N3/c1-5-8(2)7(15(3)4)13-6(14-8)9(10,11)12/h5H2,1-4H3. The van der Waals surface area contributed by atoms with Crippen LogP contribution in [0.3, 0.4) is 0 Å². The fraction of sp³-hybridized carbons (Fsp3) is 0.778. The first-order valence-corrected chi connectivity index (χ1v) is 4.64. The minimum absolute atomic E-state index is 0.359. The molecule has 3 nitrogen and oxygen atoms in total. The Bertz CT molecular complexity index is 317. The molecule has 1 atom stereocenters. The summed E-state index contributed by atoms with van der Waals surface area (Å²) in [7, 11) is 3.34. The third kappa shape index (κ3) is 2.13. The minimum Gasteiger partial charge on any atom is -0.364 e. The number of hydrogen-bond acceptors (Lipinski definition) is 3. The lowest BCUT2D eigenvalue weighted by atomic mass is 9.98. The van der Waals surface area contributed by atoms with Crippen LogP contribution in [0.5, 0.6) is 0 Å². The van der Waals surface area contributed by atoms with Gasteiger partial charge in [0.2, 0.25) is 5.84 Å². The molecular weight excluding hydrogens is 207 g/mol. The summed E-state index contributed by atoms with van der Waals surface area (Å²) in [5.74, 6) is -0.673. The van der Waals surface area contributed by atoms with Crippen LogP contribution in [-0.2, 0) is 0 Å². The van der Waals surface area contributed by atoms with Gasteiger partial charge < -0.3 is 4.90 Å². The summed E-state index contributed by atoms with van der Waals surface area (Å²) >= 11 is 0. The molecule has 0 amide bonds. The van der Waals surface area contributed by atoms with Crippen molar-refractivity contribution < 1.29 is 13.2 Å². The van der Waals surface area contributed by atoms with Gasteiger partial charge in [-0.2, -0.15) is 13.2 Å². The van der Waals surface area contributed by atoms with Crippen molar-refractivity contribution in [2.75, 3.05) is 14.1 Å². The normalized spacial score (nSPS) is 26.3. The molecule has 0 spiro atoms. The van der Waals surface area contributed by atoms with Crippen LogP contribution in [0.25, 0.3) is 0 Å². The highest BCUT2D eigenvalue weighted by Crippen LogP contribution is 2.30. The monoisotopic (exact) mass is 221 g/mol. The molecule has 1 rings (SSSR count). The maximum absolute atomic E-state index is 12.4. The van der Waals surface area contributed by atoms with Crippen molar-refractivity contribution in [3.05, 3.63) is 0 Å². The van der Waals surface area contributed by atoms with E-state index in [9.17, 15) is 13.2 Å². The maximum atomic E-state index is 12.4. The highest BCUT2D eigenvalue weighted by molar-refractivity contribution is 6.08. The van der Waals surface area contributed by atoms with Gasteiger partial charge in [0.15, 0.2) is 0 Å². The highest BCUT2D eigenvalue weighted by Gasteiger charge is 2.45. The number of rotatable bonds is 1. The average Bonchev–Trinajstić information content (AvgIpc) is 2.43. The summed E-state index contributed by atoms with van der Waals surface area (Å²) in [4.78, 5) is 8.78. The van der Waals surface area contributed by atoms with E-state index in [0.29, 0.717) is 12.3 Å². The number of halogens is 3. The Labute approximate surface area is 86.7 Å². The summed E-state index contributed by atoms with van der Waals surface area (Å²) in [6, 6.07) is 0. The van der Waals surface area contributed by atoms with Gasteiger partial charge in [-0.25, -0.2) is 9.98 Å². The molecule has 0 saturated carbocycles. The Morgan fingerprint density at radius 3 is 2.13 bits per heavy atom. The van der Waals surface area contributed by atoms with Crippen LogP contribution in [0.1, 0.15) is 20.3 Å². The van der Waals surface area contributed by atoms with Crippen LogP contribution >= 0.6 is 0 Å². The first-order valence-electron chi connectivity index (χ1n) is 4.64. The Hall–Kier alpha value is -1.07. The highest BCUT2D eigenvalue weighted by atomic mass is 19.4. The van der Waals surface area contributed by atoms with Crippen LogP contribution in [0.2, 0.25) is 0 Å². The Kier molecular flexibility index (Phi) is 2.80. The quantitative estimate of drug-likeness (QED) is 0.666. The zero-order valence-corrected chi connectivity index (χ0v) is 9.18. The van der Waals surface area contributed by atoms with E-state index in [4.69, 9.17) is 0 Å².